The average molecular weight is 384 g/mol. The Morgan fingerprint density at radius 3 is 2.70 bits per heavy atom. The molecule has 3 rings (SSSR count). The van der Waals surface area contributed by atoms with Crippen LogP contribution in [0.1, 0.15) is 16.8 Å². The van der Waals surface area contributed by atoms with Crippen molar-refractivity contribution in [1.29, 1.82) is 0 Å². The van der Waals surface area contributed by atoms with E-state index in [0.29, 0.717) is 35.1 Å². The minimum Gasteiger partial charge on any atom is -0.385 e. The maximum Gasteiger partial charge on any atom is 0.319 e. The number of fused-ring (bicyclic) bond motifs is 1. The van der Waals surface area contributed by atoms with Crippen LogP contribution in [0.3, 0.4) is 0 Å². The van der Waals surface area contributed by atoms with Gasteiger partial charge in [0.25, 0.3) is 5.91 Å². The molecule has 0 atom stereocenters. The number of hydrogen-bond acceptors (Lipinski definition) is 5. The quantitative estimate of drug-likeness (QED) is 0.542. The van der Waals surface area contributed by atoms with E-state index in [9.17, 15) is 9.59 Å². The number of carbonyl (C=O) groups is 2. The molecule has 2 aromatic carbocycles. The van der Waals surface area contributed by atoms with Gasteiger partial charge in [0.2, 0.25) is 0 Å². The number of amides is 3. The van der Waals surface area contributed by atoms with Crippen LogP contribution in [0.5, 0.6) is 0 Å². The minimum atomic E-state index is -0.279. The summed E-state index contributed by atoms with van der Waals surface area (Å²) in [7, 11) is 1.62. The molecule has 1 heterocycles. The van der Waals surface area contributed by atoms with Crippen LogP contribution in [-0.4, -0.2) is 37.2 Å². The SMILES string of the molecule is COCCCNC(=O)Nc1ccc2sc(NC(=O)c3ccccc3)nc2c1. The van der Waals surface area contributed by atoms with Crippen molar-refractivity contribution in [2.45, 2.75) is 6.42 Å². The van der Waals surface area contributed by atoms with Crippen LogP contribution in [0.2, 0.25) is 0 Å². The number of anilines is 2. The molecule has 3 amide bonds. The predicted octanol–water partition coefficient (Wildman–Crippen LogP) is 3.71. The van der Waals surface area contributed by atoms with Crippen molar-refractivity contribution in [2.24, 2.45) is 0 Å². The van der Waals surface area contributed by atoms with Gasteiger partial charge in [0.15, 0.2) is 5.13 Å². The zero-order chi connectivity index (χ0) is 19.1. The Morgan fingerprint density at radius 1 is 1.11 bits per heavy atom. The summed E-state index contributed by atoms with van der Waals surface area (Å²) in [5.41, 5.74) is 1.92. The number of methoxy groups -OCH3 is 1. The van der Waals surface area contributed by atoms with Crippen LogP contribution in [0, 0.1) is 0 Å². The van der Waals surface area contributed by atoms with Gasteiger partial charge in [0.05, 0.1) is 10.2 Å². The molecule has 0 spiro atoms. The molecule has 1 aromatic heterocycles. The lowest BCUT2D eigenvalue weighted by atomic mass is 10.2. The van der Waals surface area contributed by atoms with Crippen LogP contribution < -0.4 is 16.0 Å². The first kappa shape index (κ1) is 18.8. The normalized spacial score (nSPS) is 10.6. The van der Waals surface area contributed by atoms with Crippen LogP contribution in [0.15, 0.2) is 48.5 Å². The summed E-state index contributed by atoms with van der Waals surface area (Å²) >= 11 is 1.38. The first-order valence-electron chi connectivity index (χ1n) is 8.46. The number of nitrogens with one attached hydrogen (secondary N) is 3. The fourth-order valence-corrected chi connectivity index (χ4v) is 3.25. The third-order valence-electron chi connectivity index (χ3n) is 3.71. The fraction of sp³-hybridized carbons (Fsp3) is 0.211. The molecule has 27 heavy (non-hydrogen) atoms. The zero-order valence-electron chi connectivity index (χ0n) is 14.8. The highest BCUT2D eigenvalue weighted by Gasteiger charge is 2.10. The van der Waals surface area contributed by atoms with Gasteiger partial charge in [0.1, 0.15) is 0 Å². The topological polar surface area (TPSA) is 92.4 Å². The summed E-state index contributed by atoms with van der Waals surface area (Å²) in [5.74, 6) is -0.205. The van der Waals surface area contributed by atoms with Crippen molar-refractivity contribution in [2.75, 3.05) is 30.9 Å². The van der Waals surface area contributed by atoms with E-state index in [1.54, 1.807) is 31.4 Å². The molecule has 0 aliphatic rings. The molecular weight excluding hydrogens is 364 g/mol. The Morgan fingerprint density at radius 2 is 1.93 bits per heavy atom. The molecule has 0 saturated carbocycles. The molecule has 8 heteroatoms. The number of hydrogen-bond donors (Lipinski definition) is 3. The molecule has 3 aromatic rings. The van der Waals surface area contributed by atoms with Crippen molar-refractivity contribution in [3.8, 4) is 0 Å². The van der Waals surface area contributed by atoms with Crippen LogP contribution in [0.25, 0.3) is 10.2 Å². The monoisotopic (exact) mass is 384 g/mol. The van der Waals surface area contributed by atoms with E-state index in [0.717, 1.165) is 11.1 Å². The number of urea groups is 1. The predicted molar refractivity (Wildman–Crippen MR) is 108 cm³/mol. The smallest absolute Gasteiger partial charge is 0.319 e. The molecule has 140 valence electrons. The van der Waals surface area contributed by atoms with Gasteiger partial charge in [-0.15, -0.1) is 0 Å². The lowest BCUT2D eigenvalue weighted by Gasteiger charge is -2.07. The highest BCUT2D eigenvalue weighted by molar-refractivity contribution is 7.22. The summed E-state index contributed by atoms with van der Waals surface area (Å²) in [4.78, 5) is 28.5. The van der Waals surface area contributed by atoms with Gasteiger partial charge in [-0.3, -0.25) is 10.1 Å². The maximum atomic E-state index is 12.2. The van der Waals surface area contributed by atoms with Gasteiger partial charge in [-0.05, 0) is 36.8 Å². The van der Waals surface area contributed by atoms with E-state index < -0.39 is 0 Å². The Bertz CT molecular complexity index is 927. The van der Waals surface area contributed by atoms with Crippen molar-refractivity contribution in [3.63, 3.8) is 0 Å². The van der Waals surface area contributed by atoms with Crippen molar-refractivity contribution in [3.05, 3.63) is 54.1 Å². The number of carbonyl (C=O) groups excluding carboxylic acids is 2. The van der Waals surface area contributed by atoms with Gasteiger partial charge in [-0.1, -0.05) is 29.5 Å². The second kappa shape index (κ2) is 9.11. The van der Waals surface area contributed by atoms with Crippen molar-refractivity contribution < 1.29 is 14.3 Å². The highest BCUT2D eigenvalue weighted by atomic mass is 32.1. The Balaban J connectivity index is 1.62. The standard InChI is InChI=1S/C19H20N4O3S/c1-26-11-5-10-20-18(25)21-14-8-9-16-15(12-14)22-19(27-16)23-17(24)13-6-3-2-4-7-13/h2-4,6-9,12H,5,10-11H2,1H3,(H2,20,21,25)(H,22,23,24). The maximum absolute atomic E-state index is 12.2. The van der Waals surface area contributed by atoms with E-state index in [4.69, 9.17) is 4.74 Å². The molecule has 0 aliphatic carbocycles. The Kier molecular flexibility index (Phi) is 6.35. The molecular formula is C19H20N4O3S. The third-order valence-corrected chi connectivity index (χ3v) is 4.66. The Labute approximate surface area is 160 Å². The summed E-state index contributed by atoms with van der Waals surface area (Å²) in [6.07, 6.45) is 0.750. The van der Waals surface area contributed by atoms with E-state index in [2.05, 4.69) is 20.9 Å². The van der Waals surface area contributed by atoms with Gasteiger partial charge in [-0.2, -0.15) is 0 Å². The lowest BCUT2D eigenvalue weighted by molar-refractivity contribution is 0.102. The summed E-state index contributed by atoms with van der Waals surface area (Å²) < 4.78 is 5.86. The zero-order valence-corrected chi connectivity index (χ0v) is 15.6. The van der Waals surface area contributed by atoms with E-state index in [1.165, 1.54) is 11.3 Å². The number of rotatable bonds is 7. The van der Waals surface area contributed by atoms with E-state index >= 15 is 0 Å². The number of aromatic nitrogens is 1. The van der Waals surface area contributed by atoms with Gasteiger partial charge in [-0.25, -0.2) is 9.78 Å². The van der Waals surface area contributed by atoms with Crippen molar-refractivity contribution in [1.82, 2.24) is 10.3 Å². The molecule has 0 fully saturated rings. The number of benzene rings is 2. The summed E-state index contributed by atoms with van der Waals surface area (Å²) in [5, 5.41) is 8.85. The first-order valence-corrected chi connectivity index (χ1v) is 9.28. The van der Waals surface area contributed by atoms with Crippen LogP contribution >= 0.6 is 11.3 Å². The Hall–Kier alpha value is -2.97. The van der Waals surface area contributed by atoms with E-state index in [-0.39, 0.29) is 11.9 Å². The molecule has 0 saturated heterocycles. The first-order chi connectivity index (χ1) is 13.2. The molecule has 3 N–H and O–H groups in total. The molecule has 7 nitrogen and oxygen atoms in total. The number of ether oxygens (including phenoxy) is 1. The largest absolute Gasteiger partial charge is 0.385 e. The summed E-state index contributed by atoms with van der Waals surface area (Å²) in [6.45, 7) is 1.14. The number of thiazole rings is 1. The van der Waals surface area contributed by atoms with Gasteiger partial charge in [0, 0.05) is 31.5 Å². The number of nitrogens with zero attached hydrogens (tertiary/aromatic N) is 1. The van der Waals surface area contributed by atoms with Gasteiger partial charge < -0.3 is 15.4 Å². The minimum absolute atomic E-state index is 0.205. The second-order valence-corrected chi connectivity index (χ2v) is 6.78. The summed E-state index contributed by atoms with van der Waals surface area (Å²) in [6, 6.07) is 14.1. The van der Waals surface area contributed by atoms with Crippen molar-refractivity contribution >= 4 is 44.3 Å². The molecule has 0 radical (unpaired) electrons. The van der Waals surface area contributed by atoms with Crippen LogP contribution in [-0.2, 0) is 4.74 Å². The van der Waals surface area contributed by atoms with Crippen LogP contribution in [0.4, 0.5) is 15.6 Å². The second-order valence-electron chi connectivity index (χ2n) is 5.75. The molecule has 0 bridgehead atoms. The molecule has 0 unspecified atom stereocenters. The average Bonchev–Trinajstić information content (AvgIpc) is 3.07. The highest BCUT2D eigenvalue weighted by Crippen LogP contribution is 2.28. The lowest BCUT2D eigenvalue weighted by Crippen LogP contribution is -2.29. The third kappa shape index (κ3) is 5.25. The molecule has 0 aliphatic heterocycles. The fourth-order valence-electron chi connectivity index (χ4n) is 2.41. The van der Waals surface area contributed by atoms with E-state index in [1.807, 2.05) is 24.3 Å². The van der Waals surface area contributed by atoms with Gasteiger partial charge >= 0.3 is 6.03 Å².